The largest absolute Gasteiger partial charge is 0.417 e. The summed E-state index contributed by atoms with van der Waals surface area (Å²) >= 11 is 0. The van der Waals surface area contributed by atoms with Gasteiger partial charge in [0.15, 0.2) is 0 Å². The smallest absolute Gasteiger partial charge is 0.273 e. The number of hydrogen-bond acceptors (Lipinski definition) is 4. The van der Waals surface area contributed by atoms with Gasteiger partial charge in [0.05, 0.1) is 23.6 Å². The van der Waals surface area contributed by atoms with E-state index < -0.39 is 35.3 Å². The first-order chi connectivity index (χ1) is 16.0. The van der Waals surface area contributed by atoms with Gasteiger partial charge in [-0.25, -0.2) is 10.9 Å². The van der Waals surface area contributed by atoms with E-state index >= 15 is 0 Å². The molecular formula is C22H20F6N4O2. The molecule has 2 amide bonds. The van der Waals surface area contributed by atoms with Crippen molar-refractivity contribution >= 4 is 24.2 Å². The SMILES string of the molecule is O=C(CCCCC(=O)N/N=C/c1ccccc1C(F)(F)F)N/N=C/c1ccccc1C(F)(F)F. The second kappa shape index (κ2) is 12.0. The third kappa shape index (κ3) is 8.68. The van der Waals surface area contributed by atoms with Crippen LogP contribution in [0.3, 0.4) is 0 Å². The minimum absolute atomic E-state index is 0.0340. The monoisotopic (exact) mass is 486 g/mol. The lowest BCUT2D eigenvalue weighted by atomic mass is 10.1. The first-order valence-corrected chi connectivity index (χ1v) is 9.94. The zero-order valence-corrected chi connectivity index (χ0v) is 17.6. The van der Waals surface area contributed by atoms with Crippen molar-refractivity contribution in [2.24, 2.45) is 10.2 Å². The van der Waals surface area contributed by atoms with Crippen molar-refractivity contribution in [3.05, 3.63) is 70.8 Å². The van der Waals surface area contributed by atoms with Crippen LogP contribution in [-0.2, 0) is 21.9 Å². The van der Waals surface area contributed by atoms with Crippen LogP contribution in [0, 0.1) is 0 Å². The van der Waals surface area contributed by atoms with Gasteiger partial charge in [-0.1, -0.05) is 36.4 Å². The van der Waals surface area contributed by atoms with Gasteiger partial charge in [-0.2, -0.15) is 36.5 Å². The van der Waals surface area contributed by atoms with Crippen LogP contribution >= 0.6 is 0 Å². The van der Waals surface area contributed by atoms with E-state index in [4.69, 9.17) is 0 Å². The van der Waals surface area contributed by atoms with Crippen molar-refractivity contribution in [3.63, 3.8) is 0 Å². The Hall–Kier alpha value is -3.70. The zero-order chi connectivity index (χ0) is 25.2. The van der Waals surface area contributed by atoms with Gasteiger partial charge in [0.25, 0.3) is 0 Å². The van der Waals surface area contributed by atoms with Gasteiger partial charge in [-0.15, -0.1) is 0 Å². The van der Waals surface area contributed by atoms with Crippen LogP contribution in [0.25, 0.3) is 0 Å². The average Bonchev–Trinajstić information content (AvgIpc) is 2.76. The first-order valence-electron chi connectivity index (χ1n) is 9.94. The number of rotatable bonds is 9. The van der Waals surface area contributed by atoms with Crippen molar-refractivity contribution in [2.45, 2.75) is 38.0 Å². The number of alkyl halides is 6. The topological polar surface area (TPSA) is 82.9 Å². The molecule has 182 valence electrons. The van der Waals surface area contributed by atoms with Crippen LogP contribution < -0.4 is 10.9 Å². The molecule has 0 heterocycles. The van der Waals surface area contributed by atoms with E-state index in [1.54, 1.807) is 0 Å². The molecule has 2 aromatic carbocycles. The normalized spacial score (nSPS) is 12.3. The summed E-state index contributed by atoms with van der Waals surface area (Å²) in [6.07, 6.45) is -6.85. The molecule has 0 aromatic heterocycles. The molecule has 0 saturated heterocycles. The molecule has 0 fully saturated rings. The summed E-state index contributed by atoms with van der Waals surface area (Å²) in [5.41, 5.74) is 2.05. The number of benzene rings is 2. The standard InChI is InChI=1S/C22H20F6N4O2/c23-21(24,25)17-9-3-1-7-15(17)13-29-31-19(33)11-5-6-12-20(34)32-30-14-16-8-2-4-10-18(16)22(26,27)28/h1-4,7-10,13-14H,5-6,11-12H2,(H,31,33)(H,32,34)/b29-13+,30-14+. The maximum Gasteiger partial charge on any atom is 0.417 e. The Labute approximate surface area is 190 Å². The van der Waals surface area contributed by atoms with Crippen molar-refractivity contribution in [3.8, 4) is 0 Å². The van der Waals surface area contributed by atoms with E-state index in [0.29, 0.717) is 0 Å². The van der Waals surface area contributed by atoms with E-state index in [-0.39, 0.29) is 36.8 Å². The minimum atomic E-state index is -4.56. The van der Waals surface area contributed by atoms with E-state index in [1.165, 1.54) is 36.4 Å². The van der Waals surface area contributed by atoms with Crippen LogP contribution in [0.1, 0.15) is 47.9 Å². The van der Waals surface area contributed by atoms with Crippen molar-refractivity contribution in [1.29, 1.82) is 0 Å². The highest BCUT2D eigenvalue weighted by Crippen LogP contribution is 2.31. The lowest BCUT2D eigenvalue weighted by Gasteiger charge is -2.09. The van der Waals surface area contributed by atoms with E-state index in [1.807, 2.05) is 0 Å². The quantitative estimate of drug-likeness (QED) is 0.229. The summed E-state index contributed by atoms with van der Waals surface area (Å²) in [5.74, 6) is -1.11. The molecule has 0 radical (unpaired) electrons. The van der Waals surface area contributed by atoms with E-state index in [0.717, 1.165) is 24.6 Å². The Morgan fingerprint density at radius 3 is 1.38 bits per heavy atom. The number of unbranched alkanes of at least 4 members (excludes halogenated alkanes) is 1. The van der Waals surface area contributed by atoms with Crippen LogP contribution in [0.5, 0.6) is 0 Å². The second-order valence-electron chi connectivity index (χ2n) is 6.96. The lowest BCUT2D eigenvalue weighted by Crippen LogP contribution is -2.19. The summed E-state index contributed by atoms with van der Waals surface area (Å²) in [6.45, 7) is 0. The predicted octanol–water partition coefficient (Wildman–Crippen LogP) is 4.89. The summed E-state index contributed by atoms with van der Waals surface area (Å²) < 4.78 is 77.4. The van der Waals surface area contributed by atoms with Crippen LogP contribution in [-0.4, -0.2) is 24.2 Å². The molecule has 0 saturated carbocycles. The third-order valence-corrected chi connectivity index (χ3v) is 4.38. The number of carbonyl (C=O) groups is 2. The fraction of sp³-hybridized carbons (Fsp3) is 0.273. The number of carbonyl (C=O) groups excluding carboxylic acids is 2. The van der Waals surface area contributed by atoms with Crippen molar-refractivity contribution in [1.82, 2.24) is 10.9 Å². The summed E-state index contributed by atoms with van der Waals surface area (Å²) in [6, 6.07) is 9.50. The van der Waals surface area contributed by atoms with Gasteiger partial charge < -0.3 is 0 Å². The third-order valence-electron chi connectivity index (χ3n) is 4.38. The molecule has 6 nitrogen and oxygen atoms in total. The molecule has 12 heteroatoms. The Balaban J connectivity index is 1.71. The molecule has 0 bridgehead atoms. The van der Waals surface area contributed by atoms with Gasteiger partial charge in [0, 0.05) is 24.0 Å². The Morgan fingerprint density at radius 2 is 1.03 bits per heavy atom. The van der Waals surface area contributed by atoms with Crippen molar-refractivity contribution in [2.75, 3.05) is 0 Å². The van der Waals surface area contributed by atoms with E-state index in [2.05, 4.69) is 21.1 Å². The number of nitrogens with one attached hydrogen (secondary N) is 2. The highest BCUT2D eigenvalue weighted by Gasteiger charge is 2.33. The van der Waals surface area contributed by atoms with Gasteiger partial charge in [-0.3, -0.25) is 9.59 Å². The van der Waals surface area contributed by atoms with Crippen LogP contribution in [0.4, 0.5) is 26.3 Å². The van der Waals surface area contributed by atoms with Crippen LogP contribution in [0.2, 0.25) is 0 Å². The zero-order valence-electron chi connectivity index (χ0n) is 17.6. The number of hydrazone groups is 2. The number of nitrogens with zero attached hydrogens (tertiary/aromatic N) is 2. The van der Waals surface area contributed by atoms with E-state index in [9.17, 15) is 35.9 Å². The molecular weight excluding hydrogens is 466 g/mol. The van der Waals surface area contributed by atoms with Gasteiger partial charge in [-0.05, 0) is 25.0 Å². The fourth-order valence-electron chi connectivity index (χ4n) is 2.77. The summed E-state index contributed by atoms with van der Waals surface area (Å²) in [4.78, 5) is 23.5. The molecule has 0 aliphatic carbocycles. The predicted molar refractivity (Wildman–Crippen MR) is 113 cm³/mol. The molecule has 0 aliphatic rings. The Kier molecular flexibility index (Phi) is 9.34. The molecule has 0 atom stereocenters. The highest BCUT2D eigenvalue weighted by atomic mass is 19.4. The van der Waals surface area contributed by atoms with Gasteiger partial charge in [0.1, 0.15) is 0 Å². The molecule has 2 rings (SSSR count). The molecule has 0 aliphatic heterocycles. The number of hydrogen-bond donors (Lipinski definition) is 2. The van der Waals surface area contributed by atoms with Crippen LogP contribution in [0.15, 0.2) is 58.7 Å². The molecule has 2 N–H and O–H groups in total. The van der Waals surface area contributed by atoms with Gasteiger partial charge in [0.2, 0.25) is 11.8 Å². The van der Waals surface area contributed by atoms with Crippen molar-refractivity contribution < 1.29 is 35.9 Å². The summed E-state index contributed by atoms with van der Waals surface area (Å²) in [5, 5.41) is 7.04. The first kappa shape index (κ1) is 26.6. The average molecular weight is 486 g/mol. The lowest BCUT2D eigenvalue weighted by molar-refractivity contribution is -0.138. The Morgan fingerprint density at radius 1 is 0.676 bits per heavy atom. The molecule has 34 heavy (non-hydrogen) atoms. The Bertz CT molecular complexity index is 965. The second-order valence-corrected chi connectivity index (χ2v) is 6.96. The molecule has 2 aromatic rings. The molecule has 0 spiro atoms. The maximum absolute atomic E-state index is 12.9. The van der Waals surface area contributed by atoms with Gasteiger partial charge >= 0.3 is 12.4 Å². The highest BCUT2D eigenvalue weighted by molar-refractivity contribution is 5.85. The summed E-state index contributed by atoms with van der Waals surface area (Å²) in [7, 11) is 0. The maximum atomic E-state index is 12.9. The number of halogens is 6. The molecule has 0 unspecified atom stereocenters. The minimum Gasteiger partial charge on any atom is -0.273 e. The fourth-order valence-corrected chi connectivity index (χ4v) is 2.77. The number of amides is 2.